The van der Waals surface area contributed by atoms with E-state index in [9.17, 15) is 10.2 Å². The molecular formula is C25H31NO4. The summed E-state index contributed by atoms with van der Waals surface area (Å²) in [6.07, 6.45) is 5.93. The number of aromatic hydroxyl groups is 1. The summed E-state index contributed by atoms with van der Waals surface area (Å²) < 4.78 is 10.9. The second-order valence-corrected chi connectivity index (χ2v) is 8.50. The van der Waals surface area contributed by atoms with Crippen LogP contribution in [0.4, 0.5) is 0 Å². The van der Waals surface area contributed by atoms with Gasteiger partial charge in [-0.2, -0.15) is 0 Å². The van der Waals surface area contributed by atoms with Gasteiger partial charge in [0.25, 0.3) is 0 Å². The van der Waals surface area contributed by atoms with Gasteiger partial charge in [-0.05, 0) is 49.8 Å². The third kappa shape index (κ3) is 3.68. The maximum atomic E-state index is 11.6. The van der Waals surface area contributed by atoms with Gasteiger partial charge in [-0.3, -0.25) is 4.90 Å². The van der Waals surface area contributed by atoms with Gasteiger partial charge in [0.2, 0.25) is 0 Å². The Labute approximate surface area is 178 Å². The number of hydrogen-bond donors (Lipinski definition) is 2. The fourth-order valence-electron chi connectivity index (χ4n) is 5.32. The van der Waals surface area contributed by atoms with Crippen LogP contribution in [-0.4, -0.2) is 41.4 Å². The van der Waals surface area contributed by atoms with E-state index < -0.39 is 5.60 Å². The summed E-state index contributed by atoms with van der Waals surface area (Å²) in [5.41, 5.74) is 1.97. The van der Waals surface area contributed by atoms with Gasteiger partial charge >= 0.3 is 0 Å². The number of rotatable bonds is 7. The van der Waals surface area contributed by atoms with Crippen LogP contribution < -0.4 is 9.47 Å². The number of nitrogens with zero attached hydrogens (tertiary/aromatic N) is 1. The number of methoxy groups -OCH3 is 2. The lowest BCUT2D eigenvalue weighted by Crippen LogP contribution is -2.49. The molecule has 2 heterocycles. The second-order valence-electron chi connectivity index (χ2n) is 8.50. The molecule has 30 heavy (non-hydrogen) atoms. The molecule has 2 aromatic rings. The van der Waals surface area contributed by atoms with Crippen LogP contribution in [0.2, 0.25) is 0 Å². The van der Waals surface area contributed by atoms with E-state index in [-0.39, 0.29) is 5.75 Å². The fourth-order valence-corrected chi connectivity index (χ4v) is 5.32. The van der Waals surface area contributed by atoms with Crippen molar-refractivity contribution in [1.82, 2.24) is 4.90 Å². The van der Waals surface area contributed by atoms with Crippen LogP contribution in [0.25, 0.3) is 0 Å². The van der Waals surface area contributed by atoms with E-state index in [4.69, 9.17) is 9.47 Å². The van der Waals surface area contributed by atoms with E-state index >= 15 is 0 Å². The van der Waals surface area contributed by atoms with Gasteiger partial charge in [0, 0.05) is 29.8 Å². The molecular weight excluding hydrogens is 378 g/mol. The highest BCUT2D eigenvalue weighted by Gasteiger charge is 2.49. The summed E-state index contributed by atoms with van der Waals surface area (Å²) in [6, 6.07) is 12.4. The van der Waals surface area contributed by atoms with Gasteiger partial charge in [-0.15, -0.1) is 6.58 Å². The van der Waals surface area contributed by atoms with Crippen LogP contribution in [0.5, 0.6) is 17.2 Å². The molecule has 0 unspecified atom stereocenters. The predicted octanol–water partition coefficient (Wildman–Crippen LogP) is 4.15. The highest BCUT2D eigenvalue weighted by molar-refractivity contribution is 5.49. The molecule has 0 spiro atoms. The molecule has 0 amide bonds. The summed E-state index contributed by atoms with van der Waals surface area (Å²) >= 11 is 0. The zero-order chi connectivity index (χ0) is 21.3. The number of benzene rings is 2. The number of aliphatic hydroxyl groups is 1. The van der Waals surface area contributed by atoms with Crippen LogP contribution in [0.1, 0.15) is 42.4 Å². The van der Waals surface area contributed by atoms with Crippen LogP contribution >= 0.6 is 0 Å². The van der Waals surface area contributed by atoms with Gasteiger partial charge in [-0.25, -0.2) is 0 Å². The summed E-state index contributed by atoms with van der Waals surface area (Å²) in [5.74, 6) is 1.44. The molecule has 0 saturated carbocycles. The SMILES string of the molecule is C=CCc1cc(CN2[C@H]3CC[C@H]2CC(O)(c2ccccc2OC)C3)cc(OC)c1O. The molecule has 4 rings (SSSR count). The minimum atomic E-state index is -0.865. The third-order valence-electron chi connectivity index (χ3n) is 6.69. The number of phenolic OH excluding ortho intramolecular Hbond substituents is 1. The van der Waals surface area contributed by atoms with Crippen molar-refractivity contribution in [3.8, 4) is 17.2 Å². The Hall–Kier alpha value is -2.50. The van der Waals surface area contributed by atoms with Crippen molar-refractivity contribution < 1.29 is 19.7 Å². The number of para-hydroxylation sites is 1. The zero-order valence-electron chi connectivity index (χ0n) is 17.8. The minimum Gasteiger partial charge on any atom is -0.504 e. The minimum absolute atomic E-state index is 0.188. The molecule has 2 saturated heterocycles. The monoisotopic (exact) mass is 409 g/mol. The van der Waals surface area contributed by atoms with E-state index in [1.165, 1.54) is 0 Å². The summed E-state index contributed by atoms with van der Waals surface area (Å²) in [4.78, 5) is 2.51. The molecule has 2 N–H and O–H groups in total. The molecule has 0 radical (unpaired) electrons. The van der Waals surface area contributed by atoms with E-state index in [1.54, 1.807) is 20.3 Å². The van der Waals surface area contributed by atoms with Crippen molar-refractivity contribution in [3.63, 3.8) is 0 Å². The van der Waals surface area contributed by atoms with Crippen LogP contribution in [0.15, 0.2) is 49.1 Å². The van der Waals surface area contributed by atoms with Gasteiger partial charge in [0.1, 0.15) is 5.75 Å². The van der Waals surface area contributed by atoms with Gasteiger partial charge < -0.3 is 19.7 Å². The molecule has 2 aromatic carbocycles. The second kappa shape index (κ2) is 8.32. The van der Waals surface area contributed by atoms with Crippen molar-refractivity contribution >= 4 is 0 Å². The Morgan fingerprint density at radius 1 is 1.10 bits per heavy atom. The van der Waals surface area contributed by atoms with E-state index in [0.29, 0.717) is 37.1 Å². The normalized spacial score (nSPS) is 25.8. The van der Waals surface area contributed by atoms with E-state index in [1.807, 2.05) is 36.4 Å². The Balaban J connectivity index is 1.58. The summed E-state index contributed by atoms with van der Waals surface area (Å²) in [6.45, 7) is 4.57. The summed E-state index contributed by atoms with van der Waals surface area (Å²) in [5, 5.41) is 22.0. The molecule has 5 nitrogen and oxygen atoms in total. The molecule has 160 valence electrons. The van der Waals surface area contributed by atoms with Crippen LogP contribution in [0, 0.1) is 0 Å². The average Bonchev–Trinajstić information content (AvgIpc) is 2.99. The van der Waals surface area contributed by atoms with Gasteiger partial charge in [0.05, 0.1) is 19.8 Å². The standard InChI is InChI=1S/C25H31NO4/c1-4-7-18-12-17(13-23(30-3)24(18)27)16-26-19-10-11-20(26)15-25(28,14-19)21-8-5-6-9-22(21)29-2/h4-6,8-9,12-13,19-20,27-28H,1,7,10-11,14-16H2,2-3H3/t19-,20-/m0/s1. The Morgan fingerprint density at radius 2 is 1.77 bits per heavy atom. The van der Waals surface area contributed by atoms with E-state index in [2.05, 4.69) is 11.5 Å². The molecule has 2 atom stereocenters. The topological polar surface area (TPSA) is 62.2 Å². The number of fused-ring (bicyclic) bond motifs is 2. The van der Waals surface area contributed by atoms with Crippen LogP contribution in [-0.2, 0) is 18.6 Å². The van der Waals surface area contributed by atoms with Crippen molar-refractivity contribution in [2.45, 2.75) is 56.3 Å². The lowest BCUT2D eigenvalue weighted by molar-refractivity contribution is -0.0606. The molecule has 2 bridgehead atoms. The lowest BCUT2D eigenvalue weighted by atomic mass is 9.80. The van der Waals surface area contributed by atoms with Gasteiger partial charge in [0.15, 0.2) is 11.5 Å². The molecule has 5 heteroatoms. The lowest BCUT2D eigenvalue weighted by Gasteiger charge is -2.44. The fraction of sp³-hybridized carbons (Fsp3) is 0.440. The summed E-state index contributed by atoms with van der Waals surface area (Å²) in [7, 11) is 3.24. The third-order valence-corrected chi connectivity index (χ3v) is 6.69. The van der Waals surface area contributed by atoms with Crippen molar-refractivity contribution in [3.05, 3.63) is 65.7 Å². The number of phenols is 1. The number of piperidine rings is 1. The molecule has 0 aromatic heterocycles. The first-order valence-corrected chi connectivity index (χ1v) is 10.6. The maximum absolute atomic E-state index is 11.6. The smallest absolute Gasteiger partial charge is 0.161 e. The first-order valence-electron chi connectivity index (χ1n) is 10.6. The average molecular weight is 410 g/mol. The molecule has 2 fully saturated rings. The Kier molecular flexibility index (Phi) is 5.76. The molecule has 2 aliphatic heterocycles. The first-order chi connectivity index (χ1) is 14.5. The number of allylic oxidation sites excluding steroid dienone is 1. The largest absolute Gasteiger partial charge is 0.504 e. The predicted molar refractivity (Wildman–Crippen MR) is 117 cm³/mol. The highest BCUT2D eigenvalue weighted by atomic mass is 16.5. The van der Waals surface area contributed by atoms with Crippen LogP contribution in [0.3, 0.4) is 0 Å². The highest BCUT2D eigenvalue weighted by Crippen LogP contribution is 2.48. The van der Waals surface area contributed by atoms with Crippen molar-refractivity contribution in [1.29, 1.82) is 0 Å². The first kappa shape index (κ1) is 20.8. The van der Waals surface area contributed by atoms with E-state index in [0.717, 1.165) is 41.8 Å². The number of hydrogen-bond acceptors (Lipinski definition) is 5. The Morgan fingerprint density at radius 3 is 2.40 bits per heavy atom. The van der Waals surface area contributed by atoms with Gasteiger partial charge in [-0.1, -0.05) is 30.3 Å². The molecule has 0 aliphatic carbocycles. The molecule has 2 aliphatic rings. The van der Waals surface area contributed by atoms with Crippen molar-refractivity contribution in [2.75, 3.05) is 14.2 Å². The Bertz CT molecular complexity index is 911. The van der Waals surface area contributed by atoms with Crippen molar-refractivity contribution in [2.24, 2.45) is 0 Å². The number of ether oxygens (including phenoxy) is 2. The quantitative estimate of drug-likeness (QED) is 0.673. The zero-order valence-corrected chi connectivity index (χ0v) is 17.8. The maximum Gasteiger partial charge on any atom is 0.161 e.